The van der Waals surface area contributed by atoms with Crippen molar-refractivity contribution in [3.05, 3.63) is 57.1 Å². The second-order valence-electron chi connectivity index (χ2n) is 5.40. The molecule has 0 atom stereocenters. The zero-order chi connectivity index (χ0) is 18.8. The summed E-state index contributed by atoms with van der Waals surface area (Å²) in [6.07, 6.45) is -4.50. The zero-order valence-electron chi connectivity index (χ0n) is 13.3. The van der Waals surface area contributed by atoms with Crippen LogP contribution in [0.1, 0.15) is 16.7 Å². The van der Waals surface area contributed by atoms with Gasteiger partial charge in [0.25, 0.3) is 5.91 Å². The molecule has 0 aliphatic rings. The summed E-state index contributed by atoms with van der Waals surface area (Å²) < 4.78 is 43.1. The summed E-state index contributed by atoms with van der Waals surface area (Å²) in [5.74, 6) is -0.0834. The molecule has 0 aromatic heterocycles. The van der Waals surface area contributed by atoms with E-state index in [1.165, 1.54) is 0 Å². The van der Waals surface area contributed by atoms with Crippen LogP contribution in [-0.4, -0.2) is 12.5 Å². The van der Waals surface area contributed by atoms with E-state index in [-0.39, 0.29) is 17.3 Å². The van der Waals surface area contributed by atoms with Gasteiger partial charge in [-0.25, -0.2) is 0 Å². The number of nitrogens with one attached hydrogen (secondary N) is 1. The van der Waals surface area contributed by atoms with E-state index in [0.717, 1.165) is 29.3 Å². The molecule has 0 aliphatic carbocycles. The Morgan fingerprint density at radius 1 is 1.12 bits per heavy atom. The average Bonchev–Trinajstić information content (AvgIpc) is 2.51. The predicted molar refractivity (Wildman–Crippen MR) is 91.5 cm³/mol. The van der Waals surface area contributed by atoms with E-state index in [4.69, 9.17) is 27.9 Å². The fourth-order valence-corrected chi connectivity index (χ4v) is 2.45. The van der Waals surface area contributed by atoms with Crippen LogP contribution in [0.2, 0.25) is 10.0 Å². The molecule has 1 amide bonds. The lowest BCUT2D eigenvalue weighted by Gasteiger charge is -2.12. The number of carbonyl (C=O) groups excluding carboxylic acids is 1. The van der Waals surface area contributed by atoms with Crippen LogP contribution in [0.5, 0.6) is 5.75 Å². The van der Waals surface area contributed by atoms with Crippen molar-refractivity contribution < 1.29 is 22.7 Å². The third-order valence-corrected chi connectivity index (χ3v) is 4.26. The molecule has 2 aromatic rings. The van der Waals surface area contributed by atoms with Crippen molar-refractivity contribution in [2.45, 2.75) is 20.0 Å². The molecule has 0 radical (unpaired) electrons. The number of carbonyl (C=O) groups is 1. The molecule has 25 heavy (non-hydrogen) atoms. The van der Waals surface area contributed by atoms with E-state index in [9.17, 15) is 18.0 Å². The van der Waals surface area contributed by atoms with E-state index < -0.39 is 17.6 Å². The smallest absolute Gasteiger partial charge is 0.416 e. The number of alkyl halides is 3. The molecule has 0 bridgehead atoms. The van der Waals surface area contributed by atoms with Crippen LogP contribution in [-0.2, 0) is 11.0 Å². The van der Waals surface area contributed by atoms with E-state index in [1.54, 1.807) is 12.1 Å². The largest absolute Gasteiger partial charge is 0.484 e. The lowest BCUT2D eigenvalue weighted by Crippen LogP contribution is -2.20. The lowest BCUT2D eigenvalue weighted by molar-refractivity contribution is -0.137. The van der Waals surface area contributed by atoms with Crippen molar-refractivity contribution >= 4 is 34.8 Å². The van der Waals surface area contributed by atoms with E-state index in [0.29, 0.717) is 10.8 Å². The lowest BCUT2D eigenvalue weighted by atomic mass is 10.1. The third-order valence-electron chi connectivity index (χ3n) is 3.35. The predicted octanol–water partition coefficient (Wildman–Crippen LogP) is 5.65. The number of anilines is 1. The minimum atomic E-state index is -4.50. The third kappa shape index (κ3) is 5.03. The summed E-state index contributed by atoms with van der Waals surface area (Å²) in [6.45, 7) is 3.30. The molecule has 3 nitrogen and oxygen atoms in total. The van der Waals surface area contributed by atoms with Crippen LogP contribution in [0.25, 0.3) is 0 Å². The van der Waals surface area contributed by atoms with Crippen molar-refractivity contribution in [2.75, 3.05) is 11.9 Å². The maximum absolute atomic E-state index is 12.6. The van der Waals surface area contributed by atoms with Crippen molar-refractivity contribution in [1.82, 2.24) is 0 Å². The maximum atomic E-state index is 12.6. The van der Waals surface area contributed by atoms with Gasteiger partial charge in [-0.2, -0.15) is 13.2 Å². The molecular weight excluding hydrogens is 378 g/mol. The van der Waals surface area contributed by atoms with Gasteiger partial charge in [0.2, 0.25) is 0 Å². The SMILES string of the molecule is Cc1cc(OCC(=O)Nc2ccc(C(F)(F)F)cc2Cl)cc(C)c1Cl. The standard InChI is InChI=1S/C17H14Cl2F3NO2/c1-9-5-12(6-10(2)16(9)19)25-8-15(24)23-14-4-3-11(7-13(14)18)17(20,21)22/h3-7H,8H2,1-2H3,(H,23,24). The maximum Gasteiger partial charge on any atom is 0.416 e. The Labute approximate surface area is 152 Å². The molecule has 134 valence electrons. The first-order valence-corrected chi connectivity index (χ1v) is 7.89. The van der Waals surface area contributed by atoms with Gasteiger partial charge in [0.1, 0.15) is 5.75 Å². The fraction of sp³-hybridized carbons (Fsp3) is 0.235. The summed E-state index contributed by atoms with van der Waals surface area (Å²) in [5.41, 5.74) is 0.802. The van der Waals surface area contributed by atoms with Crippen LogP contribution in [0.3, 0.4) is 0 Å². The second kappa shape index (κ2) is 7.54. The monoisotopic (exact) mass is 391 g/mol. The van der Waals surface area contributed by atoms with Crippen molar-refractivity contribution in [2.24, 2.45) is 0 Å². The Morgan fingerprint density at radius 2 is 1.72 bits per heavy atom. The summed E-state index contributed by atoms with van der Waals surface area (Å²) in [5, 5.41) is 2.82. The molecule has 2 aromatic carbocycles. The highest BCUT2D eigenvalue weighted by molar-refractivity contribution is 6.33. The minimum absolute atomic E-state index is 0.0757. The highest BCUT2D eigenvalue weighted by Gasteiger charge is 2.31. The number of aryl methyl sites for hydroxylation is 2. The number of ether oxygens (including phenoxy) is 1. The minimum Gasteiger partial charge on any atom is -0.484 e. The zero-order valence-corrected chi connectivity index (χ0v) is 14.8. The molecule has 0 aliphatic heterocycles. The molecule has 0 fully saturated rings. The number of rotatable bonds is 4. The van der Waals surface area contributed by atoms with E-state index in [1.807, 2.05) is 13.8 Å². The van der Waals surface area contributed by atoms with Crippen LogP contribution < -0.4 is 10.1 Å². The highest BCUT2D eigenvalue weighted by Crippen LogP contribution is 2.33. The van der Waals surface area contributed by atoms with Crippen LogP contribution in [0.4, 0.5) is 18.9 Å². The summed E-state index contributed by atoms with van der Waals surface area (Å²) in [6, 6.07) is 6.07. The van der Waals surface area contributed by atoms with E-state index in [2.05, 4.69) is 5.32 Å². The topological polar surface area (TPSA) is 38.3 Å². The second-order valence-corrected chi connectivity index (χ2v) is 6.19. The molecule has 1 N–H and O–H groups in total. The van der Waals surface area contributed by atoms with Crippen LogP contribution in [0.15, 0.2) is 30.3 Å². The first-order valence-electron chi connectivity index (χ1n) is 7.14. The van der Waals surface area contributed by atoms with Crippen LogP contribution in [0, 0.1) is 13.8 Å². The number of hydrogen-bond donors (Lipinski definition) is 1. The Balaban J connectivity index is 2.01. The van der Waals surface area contributed by atoms with Gasteiger partial charge >= 0.3 is 6.18 Å². The van der Waals surface area contributed by atoms with Crippen molar-refractivity contribution in [3.63, 3.8) is 0 Å². The number of hydrogen-bond acceptors (Lipinski definition) is 2. The van der Waals surface area contributed by atoms with Crippen molar-refractivity contribution in [3.8, 4) is 5.75 Å². The first kappa shape index (κ1) is 19.4. The molecule has 2 rings (SSSR count). The van der Waals surface area contributed by atoms with Gasteiger partial charge < -0.3 is 10.1 Å². The molecule has 0 saturated heterocycles. The Kier molecular flexibility index (Phi) is 5.85. The Morgan fingerprint density at radius 3 is 2.24 bits per heavy atom. The van der Waals surface area contributed by atoms with Gasteiger partial charge in [-0.1, -0.05) is 23.2 Å². The average molecular weight is 392 g/mol. The highest BCUT2D eigenvalue weighted by atomic mass is 35.5. The summed E-state index contributed by atoms with van der Waals surface area (Å²) in [7, 11) is 0. The molecular formula is C17H14Cl2F3NO2. The normalized spacial score (nSPS) is 11.3. The summed E-state index contributed by atoms with van der Waals surface area (Å²) in [4.78, 5) is 11.9. The molecule has 8 heteroatoms. The van der Waals surface area contributed by atoms with E-state index >= 15 is 0 Å². The molecule has 0 heterocycles. The molecule has 0 spiro atoms. The number of halogens is 5. The molecule has 0 saturated carbocycles. The Bertz CT molecular complexity index is 784. The van der Waals surface area contributed by atoms with Crippen molar-refractivity contribution in [1.29, 1.82) is 0 Å². The Hall–Kier alpha value is -1.92. The number of amides is 1. The first-order chi connectivity index (χ1) is 11.6. The van der Waals surface area contributed by atoms with Gasteiger partial charge in [0.05, 0.1) is 16.3 Å². The summed E-state index contributed by atoms with van der Waals surface area (Å²) >= 11 is 11.8. The van der Waals surface area contributed by atoms with Gasteiger partial charge in [-0.3, -0.25) is 4.79 Å². The number of benzene rings is 2. The van der Waals surface area contributed by atoms with Gasteiger partial charge in [-0.15, -0.1) is 0 Å². The molecule has 0 unspecified atom stereocenters. The van der Waals surface area contributed by atoms with Gasteiger partial charge in [0, 0.05) is 5.02 Å². The van der Waals surface area contributed by atoms with Gasteiger partial charge in [-0.05, 0) is 55.3 Å². The van der Waals surface area contributed by atoms with Gasteiger partial charge in [0.15, 0.2) is 6.61 Å². The van der Waals surface area contributed by atoms with Crippen LogP contribution >= 0.6 is 23.2 Å². The fourth-order valence-electron chi connectivity index (χ4n) is 2.12. The quantitative estimate of drug-likeness (QED) is 0.731.